The molecule has 2 aromatic heterocycles. The zero-order valence-electron chi connectivity index (χ0n) is 15.0. The van der Waals surface area contributed by atoms with Crippen molar-refractivity contribution < 1.29 is 14.3 Å². The summed E-state index contributed by atoms with van der Waals surface area (Å²) in [5.74, 6) is 0.189. The van der Waals surface area contributed by atoms with Crippen LogP contribution < -0.4 is 0 Å². The van der Waals surface area contributed by atoms with Crippen molar-refractivity contribution >= 4 is 34.5 Å². The number of amides is 2. The van der Waals surface area contributed by atoms with Crippen LogP contribution in [0.5, 0.6) is 0 Å². The Morgan fingerprint density at radius 2 is 1.93 bits per heavy atom. The Balaban J connectivity index is 1.26. The molecule has 0 aromatic carbocycles. The Morgan fingerprint density at radius 1 is 1.11 bits per heavy atom. The zero-order chi connectivity index (χ0) is 18.6. The maximum atomic E-state index is 12.7. The summed E-state index contributed by atoms with van der Waals surface area (Å²) in [6.45, 7) is 4.82. The quantitative estimate of drug-likeness (QED) is 0.771. The summed E-state index contributed by atoms with van der Waals surface area (Å²) in [7, 11) is 0. The summed E-state index contributed by atoms with van der Waals surface area (Å²) in [4.78, 5) is 36.0. The fourth-order valence-corrected chi connectivity index (χ4v) is 4.76. The number of hydrogen-bond donors (Lipinski definition) is 0. The Labute approximate surface area is 166 Å². The molecule has 27 heavy (non-hydrogen) atoms. The first-order valence-electron chi connectivity index (χ1n) is 9.04. The van der Waals surface area contributed by atoms with Crippen molar-refractivity contribution in [1.82, 2.24) is 19.7 Å². The fraction of sp³-hybridized carbons (Fsp3) is 0.500. The molecule has 0 N–H and O–H groups in total. The van der Waals surface area contributed by atoms with Gasteiger partial charge in [0.25, 0.3) is 5.91 Å². The molecule has 2 amide bonds. The van der Waals surface area contributed by atoms with Crippen LogP contribution in [0.25, 0.3) is 0 Å². The van der Waals surface area contributed by atoms with E-state index in [2.05, 4.69) is 9.88 Å². The van der Waals surface area contributed by atoms with Gasteiger partial charge in [-0.15, -0.1) is 22.7 Å². The molecule has 7 nitrogen and oxygen atoms in total. The lowest BCUT2D eigenvalue weighted by atomic mass is 10.2. The zero-order valence-corrected chi connectivity index (χ0v) is 16.6. The molecule has 9 heteroatoms. The van der Waals surface area contributed by atoms with E-state index < -0.39 is 0 Å². The predicted octanol–water partition coefficient (Wildman–Crippen LogP) is 1.56. The molecule has 2 aliphatic heterocycles. The fourth-order valence-electron chi connectivity index (χ4n) is 3.40. The van der Waals surface area contributed by atoms with Crippen LogP contribution in [-0.2, 0) is 9.53 Å². The van der Waals surface area contributed by atoms with E-state index >= 15 is 0 Å². The molecule has 0 radical (unpaired) electrons. The van der Waals surface area contributed by atoms with Crippen molar-refractivity contribution in [3.8, 4) is 0 Å². The van der Waals surface area contributed by atoms with Gasteiger partial charge in [-0.05, 0) is 11.4 Å². The smallest absolute Gasteiger partial charge is 0.264 e. The first-order valence-corrected chi connectivity index (χ1v) is 10.8. The molecule has 144 valence electrons. The third kappa shape index (κ3) is 4.37. The second-order valence-corrected chi connectivity index (χ2v) is 8.49. The van der Waals surface area contributed by atoms with Crippen LogP contribution in [0.3, 0.4) is 0 Å². The van der Waals surface area contributed by atoms with Gasteiger partial charge in [-0.1, -0.05) is 6.07 Å². The first-order chi connectivity index (χ1) is 13.2. The number of thiazole rings is 1. The lowest BCUT2D eigenvalue weighted by molar-refractivity contribution is -0.136. The molecule has 2 aliphatic rings. The van der Waals surface area contributed by atoms with E-state index in [0.717, 1.165) is 16.4 Å². The second kappa shape index (κ2) is 8.47. The van der Waals surface area contributed by atoms with E-state index in [-0.39, 0.29) is 17.9 Å². The highest BCUT2D eigenvalue weighted by molar-refractivity contribution is 7.12. The van der Waals surface area contributed by atoms with Gasteiger partial charge in [-0.3, -0.25) is 14.5 Å². The minimum atomic E-state index is -0.0492. The van der Waals surface area contributed by atoms with Gasteiger partial charge in [-0.25, -0.2) is 4.98 Å². The van der Waals surface area contributed by atoms with Gasteiger partial charge in [-0.2, -0.15) is 0 Å². The molecule has 4 rings (SSSR count). The molecule has 2 fully saturated rings. The standard InChI is InChI=1S/C18H22N4O3S2/c23-16(13-20-8-9-25-14(12-20)17-19-3-11-27-17)21-4-6-22(7-5-21)18(24)15-2-1-10-26-15/h1-3,10-11,14H,4-9,12-13H2. The average Bonchev–Trinajstić information content (AvgIpc) is 3.42. The number of carbonyl (C=O) groups excluding carboxylic acids is 2. The van der Waals surface area contributed by atoms with Gasteiger partial charge in [0, 0.05) is 50.8 Å². The van der Waals surface area contributed by atoms with Crippen LogP contribution >= 0.6 is 22.7 Å². The van der Waals surface area contributed by atoms with Crippen molar-refractivity contribution in [3.05, 3.63) is 39.0 Å². The highest BCUT2D eigenvalue weighted by Crippen LogP contribution is 2.23. The first kappa shape index (κ1) is 18.5. The number of hydrogen-bond acceptors (Lipinski definition) is 7. The Morgan fingerprint density at radius 3 is 2.63 bits per heavy atom. The molecular weight excluding hydrogens is 384 g/mol. The van der Waals surface area contributed by atoms with Gasteiger partial charge >= 0.3 is 0 Å². The van der Waals surface area contributed by atoms with Gasteiger partial charge < -0.3 is 14.5 Å². The molecule has 1 unspecified atom stereocenters. The maximum Gasteiger partial charge on any atom is 0.264 e. The second-order valence-electron chi connectivity index (χ2n) is 6.62. The van der Waals surface area contributed by atoms with Crippen molar-refractivity contribution in [1.29, 1.82) is 0 Å². The number of ether oxygens (including phenoxy) is 1. The van der Waals surface area contributed by atoms with Gasteiger partial charge in [0.2, 0.25) is 5.91 Å². The molecule has 2 aromatic rings. The van der Waals surface area contributed by atoms with E-state index in [4.69, 9.17) is 4.74 Å². The third-order valence-electron chi connectivity index (χ3n) is 4.89. The number of morpholine rings is 1. The number of nitrogens with zero attached hydrogens (tertiary/aromatic N) is 4. The number of carbonyl (C=O) groups is 2. The number of aromatic nitrogens is 1. The van der Waals surface area contributed by atoms with E-state index in [1.807, 2.05) is 32.7 Å². The molecule has 0 aliphatic carbocycles. The summed E-state index contributed by atoms with van der Waals surface area (Å²) in [5.41, 5.74) is 0. The van der Waals surface area contributed by atoms with Crippen molar-refractivity contribution in [3.63, 3.8) is 0 Å². The van der Waals surface area contributed by atoms with Crippen LogP contribution in [-0.4, -0.2) is 83.9 Å². The molecule has 2 saturated heterocycles. The van der Waals surface area contributed by atoms with Crippen LogP contribution in [0, 0.1) is 0 Å². The average molecular weight is 407 g/mol. The van der Waals surface area contributed by atoms with E-state index in [0.29, 0.717) is 45.9 Å². The van der Waals surface area contributed by atoms with Crippen LogP contribution in [0.15, 0.2) is 29.1 Å². The van der Waals surface area contributed by atoms with E-state index in [9.17, 15) is 9.59 Å². The number of rotatable bonds is 4. The Hall–Kier alpha value is -1.81. The molecular formula is C18H22N4O3S2. The van der Waals surface area contributed by atoms with Gasteiger partial charge in [0.1, 0.15) is 11.1 Å². The van der Waals surface area contributed by atoms with E-state index in [1.165, 1.54) is 11.3 Å². The lowest BCUT2D eigenvalue weighted by Gasteiger charge is -2.37. The third-order valence-corrected chi connectivity index (χ3v) is 6.61. The largest absolute Gasteiger partial charge is 0.368 e. The minimum Gasteiger partial charge on any atom is -0.368 e. The van der Waals surface area contributed by atoms with Crippen molar-refractivity contribution in [2.45, 2.75) is 6.10 Å². The normalized spacial score (nSPS) is 21.4. The maximum absolute atomic E-state index is 12.7. The summed E-state index contributed by atoms with van der Waals surface area (Å²) in [6.07, 6.45) is 1.73. The Bertz CT molecular complexity index is 758. The van der Waals surface area contributed by atoms with Gasteiger partial charge in [0.05, 0.1) is 18.0 Å². The van der Waals surface area contributed by atoms with Gasteiger partial charge in [0.15, 0.2) is 0 Å². The summed E-state index contributed by atoms with van der Waals surface area (Å²) in [5, 5.41) is 4.82. The van der Waals surface area contributed by atoms with Crippen molar-refractivity contribution in [2.75, 3.05) is 52.4 Å². The lowest BCUT2D eigenvalue weighted by Crippen LogP contribution is -2.53. The predicted molar refractivity (Wildman–Crippen MR) is 104 cm³/mol. The molecule has 4 heterocycles. The van der Waals surface area contributed by atoms with Crippen LogP contribution in [0.4, 0.5) is 0 Å². The van der Waals surface area contributed by atoms with Crippen molar-refractivity contribution in [2.24, 2.45) is 0 Å². The Kier molecular flexibility index (Phi) is 5.82. The summed E-state index contributed by atoms with van der Waals surface area (Å²) >= 11 is 3.04. The molecule has 1 atom stereocenters. The number of thiophene rings is 1. The van der Waals surface area contributed by atoms with E-state index in [1.54, 1.807) is 17.5 Å². The topological polar surface area (TPSA) is 66.0 Å². The number of piperazine rings is 1. The van der Waals surface area contributed by atoms with Crippen LogP contribution in [0.1, 0.15) is 20.8 Å². The monoisotopic (exact) mass is 406 g/mol. The molecule has 0 spiro atoms. The minimum absolute atomic E-state index is 0.0492. The summed E-state index contributed by atoms with van der Waals surface area (Å²) in [6, 6.07) is 3.74. The highest BCUT2D eigenvalue weighted by atomic mass is 32.1. The molecule has 0 bridgehead atoms. The molecule has 0 saturated carbocycles. The van der Waals surface area contributed by atoms with Crippen LogP contribution in [0.2, 0.25) is 0 Å². The SMILES string of the molecule is O=C(CN1CCOC(c2nccs2)C1)N1CCN(C(=O)c2cccs2)CC1. The summed E-state index contributed by atoms with van der Waals surface area (Å²) < 4.78 is 5.79. The highest BCUT2D eigenvalue weighted by Gasteiger charge is 2.29.